The van der Waals surface area contributed by atoms with E-state index in [9.17, 15) is 18.0 Å². The van der Waals surface area contributed by atoms with Gasteiger partial charge in [0.1, 0.15) is 0 Å². The molecular weight excluding hydrogens is 303 g/mol. The van der Waals surface area contributed by atoms with Gasteiger partial charge >= 0.3 is 6.18 Å². The van der Waals surface area contributed by atoms with Gasteiger partial charge in [0.2, 0.25) is 17.6 Å². The monoisotopic (exact) mass is 315 g/mol. The molecule has 22 heavy (non-hydrogen) atoms. The van der Waals surface area contributed by atoms with Crippen LogP contribution in [0.1, 0.15) is 24.4 Å². The van der Waals surface area contributed by atoms with Gasteiger partial charge in [0.25, 0.3) is 0 Å². The topological polar surface area (TPSA) is 85.8 Å². The van der Waals surface area contributed by atoms with Gasteiger partial charge in [-0.2, -0.15) is 23.3 Å². The lowest BCUT2D eigenvalue weighted by Gasteiger charge is -2.02. The van der Waals surface area contributed by atoms with Gasteiger partial charge in [0, 0.05) is 19.2 Å². The Morgan fingerprint density at radius 1 is 1.50 bits per heavy atom. The summed E-state index contributed by atoms with van der Waals surface area (Å²) in [5, 5.41) is 9.49. The average molecular weight is 315 g/mol. The second-order valence-electron chi connectivity index (χ2n) is 5.07. The van der Waals surface area contributed by atoms with Crippen LogP contribution >= 0.6 is 0 Å². The Hall–Kier alpha value is -2.39. The lowest BCUT2D eigenvalue weighted by atomic mass is 10.2. The fraction of sp³-hybridized carbons (Fsp3) is 0.500. The summed E-state index contributed by atoms with van der Waals surface area (Å²) in [6, 6.07) is 0. The number of aryl methyl sites for hydroxylation is 1. The maximum Gasteiger partial charge on any atom is 0.435 e. The zero-order valence-corrected chi connectivity index (χ0v) is 11.5. The molecule has 1 amide bonds. The summed E-state index contributed by atoms with van der Waals surface area (Å²) in [5.41, 5.74) is -1.34. The number of nitrogens with one attached hydrogen (secondary N) is 1. The molecule has 2 aromatic heterocycles. The largest absolute Gasteiger partial charge is 0.435 e. The molecule has 2 heterocycles. The van der Waals surface area contributed by atoms with Gasteiger partial charge in [0.15, 0.2) is 5.69 Å². The zero-order valence-electron chi connectivity index (χ0n) is 11.5. The Bertz CT molecular complexity index is 702. The van der Waals surface area contributed by atoms with Crippen LogP contribution in [0.2, 0.25) is 0 Å². The number of rotatable bonds is 4. The number of aromatic nitrogens is 4. The van der Waals surface area contributed by atoms with E-state index < -0.39 is 11.9 Å². The quantitative estimate of drug-likeness (QED) is 0.924. The van der Waals surface area contributed by atoms with Crippen molar-refractivity contribution < 1.29 is 22.5 Å². The van der Waals surface area contributed by atoms with E-state index in [1.54, 1.807) is 0 Å². The molecule has 1 fully saturated rings. The van der Waals surface area contributed by atoms with Gasteiger partial charge in [-0.15, -0.1) is 0 Å². The van der Waals surface area contributed by atoms with E-state index >= 15 is 0 Å². The Labute approximate surface area is 122 Å². The molecule has 0 bridgehead atoms. The van der Waals surface area contributed by atoms with Crippen LogP contribution in [-0.4, -0.2) is 25.8 Å². The molecule has 1 aliphatic carbocycles. The Kier molecular flexibility index (Phi) is 3.38. The third-order valence-corrected chi connectivity index (χ3v) is 3.17. The van der Waals surface area contributed by atoms with Gasteiger partial charge in [0.05, 0.1) is 12.1 Å². The first-order chi connectivity index (χ1) is 10.3. The first kappa shape index (κ1) is 14.5. The molecule has 2 aromatic rings. The predicted octanol–water partition coefficient (Wildman–Crippen LogP) is 1.52. The minimum Gasteiger partial charge on any atom is -0.347 e. The van der Waals surface area contributed by atoms with Crippen molar-refractivity contribution in [3.63, 3.8) is 0 Å². The summed E-state index contributed by atoms with van der Waals surface area (Å²) < 4.78 is 44.6. The normalized spacial score (nSPS) is 15.1. The van der Waals surface area contributed by atoms with Gasteiger partial charge in [-0.25, -0.2) is 0 Å². The van der Waals surface area contributed by atoms with Crippen molar-refractivity contribution in [3.8, 4) is 11.4 Å². The van der Waals surface area contributed by atoms with Crippen LogP contribution in [-0.2, 0) is 24.6 Å². The van der Waals surface area contributed by atoms with Crippen LogP contribution in [0.4, 0.5) is 13.2 Å². The molecule has 0 unspecified atom stereocenters. The number of carbonyl (C=O) groups is 1. The van der Waals surface area contributed by atoms with Crippen molar-refractivity contribution in [1.82, 2.24) is 25.2 Å². The smallest absolute Gasteiger partial charge is 0.347 e. The lowest BCUT2D eigenvalue weighted by molar-refractivity contribution is -0.141. The first-order valence-electron chi connectivity index (χ1n) is 6.56. The number of amides is 1. The van der Waals surface area contributed by atoms with Crippen LogP contribution < -0.4 is 5.32 Å². The average Bonchev–Trinajstić information content (AvgIpc) is 3.04. The molecule has 0 radical (unpaired) electrons. The summed E-state index contributed by atoms with van der Waals surface area (Å²) >= 11 is 0. The SMILES string of the molecule is Cn1cc(-c2noc(CNC(=O)C3CC3)n2)c(C(F)(F)F)n1. The molecule has 118 valence electrons. The van der Waals surface area contributed by atoms with Gasteiger partial charge in [-0.3, -0.25) is 9.48 Å². The molecule has 0 aromatic carbocycles. The number of halogens is 3. The number of hydrogen-bond acceptors (Lipinski definition) is 5. The third-order valence-electron chi connectivity index (χ3n) is 3.17. The molecule has 10 heteroatoms. The maximum atomic E-state index is 12.9. The van der Waals surface area contributed by atoms with Gasteiger partial charge < -0.3 is 9.84 Å². The Balaban J connectivity index is 1.77. The van der Waals surface area contributed by atoms with Crippen molar-refractivity contribution in [2.45, 2.75) is 25.6 Å². The minimum atomic E-state index is -4.61. The Morgan fingerprint density at radius 2 is 2.23 bits per heavy atom. The molecule has 0 saturated heterocycles. The van der Waals surface area contributed by atoms with Gasteiger partial charge in [-0.1, -0.05) is 5.16 Å². The number of alkyl halides is 3. The summed E-state index contributed by atoms with van der Waals surface area (Å²) in [6.45, 7) is -0.00997. The van der Waals surface area contributed by atoms with Crippen molar-refractivity contribution in [2.75, 3.05) is 0 Å². The Morgan fingerprint density at radius 3 is 2.86 bits per heavy atom. The summed E-state index contributed by atoms with van der Waals surface area (Å²) in [5.74, 6) is -0.258. The second kappa shape index (κ2) is 5.11. The number of hydrogen-bond donors (Lipinski definition) is 1. The van der Waals surface area contributed by atoms with E-state index in [1.165, 1.54) is 13.2 Å². The van der Waals surface area contributed by atoms with Gasteiger partial charge in [-0.05, 0) is 12.8 Å². The molecule has 0 spiro atoms. The predicted molar refractivity (Wildman–Crippen MR) is 66.1 cm³/mol. The molecule has 1 N–H and O–H groups in total. The van der Waals surface area contributed by atoms with Crippen molar-refractivity contribution in [2.24, 2.45) is 13.0 Å². The lowest BCUT2D eigenvalue weighted by Crippen LogP contribution is -2.24. The summed E-state index contributed by atoms with van der Waals surface area (Å²) in [4.78, 5) is 15.4. The highest BCUT2D eigenvalue weighted by Crippen LogP contribution is 2.34. The number of nitrogens with zero attached hydrogens (tertiary/aromatic N) is 4. The van der Waals surface area contributed by atoms with E-state index in [4.69, 9.17) is 4.52 Å². The fourth-order valence-electron chi connectivity index (χ4n) is 1.95. The van der Waals surface area contributed by atoms with Crippen molar-refractivity contribution in [1.29, 1.82) is 0 Å². The van der Waals surface area contributed by atoms with Crippen molar-refractivity contribution >= 4 is 5.91 Å². The summed E-state index contributed by atoms with van der Waals surface area (Å²) in [6.07, 6.45) is -1.74. The third kappa shape index (κ3) is 2.95. The molecule has 0 aliphatic heterocycles. The maximum absolute atomic E-state index is 12.9. The highest BCUT2D eigenvalue weighted by molar-refractivity contribution is 5.80. The molecule has 7 nitrogen and oxygen atoms in total. The van der Waals surface area contributed by atoms with Crippen molar-refractivity contribution in [3.05, 3.63) is 17.8 Å². The molecule has 3 rings (SSSR count). The van der Waals surface area contributed by atoms with Crippen LogP contribution in [0.15, 0.2) is 10.7 Å². The highest BCUT2D eigenvalue weighted by Gasteiger charge is 2.38. The van der Waals surface area contributed by atoms with Crippen LogP contribution in [0.25, 0.3) is 11.4 Å². The van der Waals surface area contributed by atoms with E-state index in [-0.39, 0.29) is 35.6 Å². The zero-order chi connectivity index (χ0) is 15.9. The van der Waals surface area contributed by atoms with E-state index in [0.717, 1.165) is 17.5 Å². The summed E-state index contributed by atoms with van der Waals surface area (Å²) in [7, 11) is 1.37. The fourth-order valence-corrected chi connectivity index (χ4v) is 1.95. The standard InChI is InChI=1S/C12H12F3N5O2/c1-20-5-7(9(18-20)12(13,14)15)10-17-8(22-19-10)4-16-11(21)6-2-3-6/h5-6H,2-4H2,1H3,(H,16,21). The van der Waals surface area contributed by atoms with Crippen LogP contribution in [0, 0.1) is 5.92 Å². The molecule has 1 aliphatic rings. The van der Waals surface area contributed by atoms with Crippen LogP contribution in [0.3, 0.4) is 0 Å². The molecular formula is C12H12F3N5O2. The van der Waals surface area contributed by atoms with Crippen LogP contribution in [0.5, 0.6) is 0 Å². The second-order valence-corrected chi connectivity index (χ2v) is 5.07. The number of carbonyl (C=O) groups excluding carboxylic acids is 1. The minimum absolute atomic E-state index is 0.00997. The molecule has 1 saturated carbocycles. The highest BCUT2D eigenvalue weighted by atomic mass is 19.4. The van der Waals surface area contributed by atoms with E-state index in [0.29, 0.717) is 0 Å². The van der Waals surface area contributed by atoms with E-state index in [2.05, 4.69) is 20.6 Å². The first-order valence-corrected chi connectivity index (χ1v) is 6.56. The molecule has 0 atom stereocenters. The van der Waals surface area contributed by atoms with E-state index in [1.807, 2.05) is 0 Å².